The molecule has 0 saturated heterocycles. The van der Waals surface area contributed by atoms with Gasteiger partial charge < -0.3 is 4.74 Å². The molecule has 0 amide bonds. The van der Waals surface area contributed by atoms with Crippen LogP contribution in [-0.2, 0) is 17.6 Å². The zero-order valence-electron chi connectivity index (χ0n) is 12.3. The number of aryl methyl sites for hydroxylation is 1. The summed E-state index contributed by atoms with van der Waals surface area (Å²) in [6, 6.07) is 16.0. The van der Waals surface area contributed by atoms with Crippen molar-refractivity contribution in [2.75, 3.05) is 6.61 Å². The lowest BCUT2D eigenvalue weighted by Crippen LogP contribution is -2.23. The molecule has 0 aliphatic carbocycles. The van der Waals surface area contributed by atoms with Crippen LogP contribution in [0.25, 0.3) is 0 Å². The van der Waals surface area contributed by atoms with E-state index in [0.29, 0.717) is 6.61 Å². The van der Waals surface area contributed by atoms with Gasteiger partial charge in [0, 0.05) is 5.56 Å². The number of ketones is 1. The third-order valence-corrected chi connectivity index (χ3v) is 3.98. The Balaban J connectivity index is 1.91. The lowest BCUT2D eigenvalue weighted by Gasteiger charge is -2.25. The molecule has 2 heteroatoms. The van der Waals surface area contributed by atoms with Crippen molar-refractivity contribution in [3.63, 3.8) is 0 Å². The number of benzene rings is 2. The standard InChI is InChI=1S/C19H20O2/c1-2-6-14-7-5-9-16(13-14)18(20)19-17-10-4-3-8-15(17)11-12-21-19/h3-5,7-10,13,19H,2,6,11-12H2,1H3. The van der Waals surface area contributed by atoms with Crippen molar-refractivity contribution in [1.82, 2.24) is 0 Å². The lowest BCUT2D eigenvalue weighted by atomic mass is 9.92. The summed E-state index contributed by atoms with van der Waals surface area (Å²) in [6.45, 7) is 2.76. The first-order chi connectivity index (χ1) is 10.3. The van der Waals surface area contributed by atoms with Crippen LogP contribution in [0.5, 0.6) is 0 Å². The Morgan fingerprint density at radius 2 is 2.05 bits per heavy atom. The van der Waals surface area contributed by atoms with Crippen LogP contribution in [0, 0.1) is 0 Å². The first kappa shape index (κ1) is 14.0. The van der Waals surface area contributed by atoms with Crippen LogP contribution >= 0.6 is 0 Å². The Labute approximate surface area is 125 Å². The van der Waals surface area contributed by atoms with Gasteiger partial charge in [-0.3, -0.25) is 4.79 Å². The predicted molar refractivity (Wildman–Crippen MR) is 83.6 cm³/mol. The fraction of sp³-hybridized carbons (Fsp3) is 0.316. The average Bonchev–Trinajstić information content (AvgIpc) is 2.54. The minimum absolute atomic E-state index is 0.0695. The lowest BCUT2D eigenvalue weighted by molar-refractivity contribution is 0.0349. The quantitative estimate of drug-likeness (QED) is 0.787. The smallest absolute Gasteiger partial charge is 0.196 e. The molecule has 0 N–H and O–H groups in total. The van der Waals surface area contributed by atoms with E-state index in [-0.39, 0.29) is 5.78 Å². The topological polar surface area (TPSA) is 26.3 Å². The maximum absolute atomic E-state index is 12.8. The van der Waals surface area contributed by atoms with Crippen molar-refractivity contribution in [3.05, 3.63) is 70.8 Å². The molecule has 0 fully saturated rings. The van der Waals surface area contributed by atoms with E-state index < -0.39 is 6.10 Å². The molecular weight excluding hydrogens is 260 g/mol. The van der Waals surface area contributed by atoms with Gasteiger partial charge >= 0.3 is 0 Å². The van der Waals surface area contributed by atoms with Gasteiger partial charge in [0.25, 0.3) is 0 Å². The van der Waals surface area contributed by atoms with Crippen molar-refractivity contribution in [2.24, 2.45) is 0 Å². The van der Waals surface area contributed by atoms with Crippen LogP contribution in [-0.4, -0.2) is 12.4 Å². The van der Waals surface area contributed by atoms with E-state index in [1.165, 1.54) is 11.1 Å². The van der Waals surface area contributed by atoms with E-state index in [4.69, 9.17) is 4.74 Å². The Bertz CT molecular complexity index is 646. The molecular formula is C19H20O2. The fourth-order valence-electron chi connectivity index (χ4n) is 2.93. The van der Waals surface area contributed by atoms with Gasteiger partial charge in [-0.25, -0.2) is 0 Å². The van der Waals surface area contributed by atoms with Crippen molar-refractivity contribution in [2.45, 2.75) is 32.3 Å². The van der Waals surface area contributed by atoms with Gasteiger partial charge in [0.1, 0.15) is 6.10 Å². The van der Waals surface area contributed by atoms with Crippen LogP contribution in [0.4, 0.5) is 0 Å². The number of fused-ring (bicyclic) bond motifs is 1. The third kappa shape index (κ3) is 2.91. The number of hydrogen-bond donors (Lipinski definition) is 0. The highest BCUT2D eigenvalue weighted by molar-refractivity contribution is 6.00. The highest BCUT2D eigenvalue weighted by Crippen LogP contribution is 2.30. The molecule has 2 aromatic carbocycles. The number of carbonyl (C=O) groups is 1. The fourth-order valence-corrected chi connectivity index (χ4v) is 2.93. The molecule has 108 valence electrons. The second kappa shape index (κ2) is 6.23. The van der Waals surface area contributed by atoms with E-state index >= 15 is 0 Å². The maximum Gasteiger partial charge on any atom is 0.196 e. The zero-order chi connectivity index (χ0) is 14.7. The van der Waals surface area contributed by atoms with Crippen LogP contribution < -0.4 is 0 Å². The average molecular weight is 280 g/mol. The van der Waals surface area contributed by atoms with E-state index in [1.807, 2.05) is 36.4 Å². The highest BCUT2D eigenvalue weighted by atomic mass is 16.5. The summed E-state index contributed by atoms with van der Waals surface area (Å²) < 4.78 is 5.77. The molecule has 0 bridgehead atoms. The summed E-state index contributed by atoms with van der Waals surface area (Å²) in [6.07, 6.45) is 2.52. The normalized spacial score (nSPS) is 17.3. The van der Waals surface area contributed by atoms with Crippen LogP contribution in [0.2, 0.25) is 0 Å². The summed E-state index contributed by atoms with van der Waals surface area (Å²) in [5.41, 5.74) is 4.22. The molecule has 0 spiro atoms. The largest absolute Gasteiger partial charge is 0.365 e. The molecule has 3 rings (SSSR count). The summed E-state index contributed by atoms with van der Waals surface area (Å²) in [4.78, 5) is 12.8. The molecule has 1 aliphatic heterocycles. The monoisotopic (exact) mass is 280 g/mol. The minimum Gasteiger partial charge on any atom is -0.365 e. The van der Waals surface area contributed by atoms with Crippen molar-refractivity contribution in [3.8, 4) is 0 Å². The van der Waals surface area contributed by atoms with Gasteiger partial charge in [0.2, 0.25) is 0 Å². The van der Waals surface area contributed by atoms with Crippen LogP contribution in [0.1, 0.15) is 46.5 Å². The first-order valence-corrected chi connectivity index (χ1v) is 7.62. The second-order valence-corrected chi connectivity index (χ2v) is 5.51. The SMILES string of the molecule is CCCc1cccc(C(=O)C2OCCc3ccccc32)c1. The van der Waals surface area contributed by atoms with E-state index in [0.717, 1.165) is 30.4 Å². The summed E-state index contributed by atoms with van der Waals surface area (Å²) in [5.74, 6) is 0.0695. The molecule has 1 atom stereocenters. The van der Waals surface area contributed by atoms with Gasteiger partial charge in [-0.2, -0.15) is 0 Å². The molecule has 2 aromatic rings. The molecule has 0 aromatic heterocycles. The zero-order valence-corrected chi connectivity index (χ0v) is 12.3. The van der Waals surface area contributed by atoms with Gasteiger partial charge in [0.15, 0.2) is 5.78 Å². The molecule has 1 unspecified atom stereocenters. The van der Waals surface area contributed by atoms with Crippen LogP contribution in [0.3, 0.4) is 0 Å². The van der Waals surface area contributed by atoms with Gasteiger partial charge in [-0.1, -0.05) is 55.8 Å². The molecule has 0 saturated carbocycles. The van der Waals surface area contributed by atoms with Crippen molar-refractivity contribution < 1.29 is 9.53 Å². The van der Waals surface area contributed by atoms with E-state index in [2.05, 4.69) is 19.1 Å². The molecule has 2 nitrogen and oxygen atoms in total. The number of hydrogen-bond acceptors (Lipinski definition) is 2. The van der Waals surface area contributed by atoms with Gasteiger partial charge in [-0.05, 0) is 35.6 Å². The summed E-state index contributed by atoms with van der Waals surface area (Å²) in [5, 5.41) is 0. The first-order valence-electron chi connectivity index (χ1n) is 7.62. The summed E-state index contributed by atoms with van der Waals surface area (Å²) >= 11 is 0. The maximum atomic E-state index is 12.8. The molecule has 1 heterocycles. The number of Topliss-reactive ketones (excluding diaryl/α,β-unsaturated/α-hetero) is 1. The molecule has 21 heavy (non-hydrogen) atoms. The Hall–Kier alpha value is -1.93. The Morgan fingerprint density at radius 1 is 1.19 bits per heavy atom. The predicted octanol–water partition coefficient (Wildman–Crippen LogP) is 4.14. The second-order valence-electron chi connectivity index (χ2n) is 5.51. The van der Waals surface area contributed by atoms with Gasteiger partial charge in [-0.15, -0.1) is 0 Å². The number of carbonyl (C=O) groups excluding carboxylic acids is 1. The highest BCUT2D eigenvalue weighted by Gasteiger charge is 2.27. The number of rotatable bonds is 4. The Kier molecular flexibility index (Phi) is 4.16. The van der Waals surface area contributed by atoms with Crippen LogP contribution in [0.15, 0.2) is 48.5 Å². The minimum atomic E-state index is -0.452. The van der Waals surface area contributed by atoms with Crippen molar-refractivity contribution >= 4 is 5.78 Å². The Morgan fingerprint density at radius 3 is 2.90 bits per heavy atom. The number of ether oxygens (including phenoxy) is 1. The summed E-state index contributed by atoms with van der Waals surface area (Å²) in [7, 11) is 0. The third-order valence-electron chi connectivity index (χ3n) is 3.98. The van der Waals surface area contributed by atoms with Gasteiger partial charge in [0.05, 0.1) is 6.61 Å². The van der Waals surface area contributed by atoms with E-state index in [9.17, 15) is 4.79 Å². The molecule has 1 aliphatic rings. The molecule has 0 radical (unpaired) electrons. The van der Waals surface area contributed by atoms with E-state index in [1.54, 1.807) is 0 Å². The van der Waals surface area contributed by atoms with Crippen molar-refractivity contribution in [1.29, 1.82) is 0 Å².